The molecule has 3 aliphatic heterocycles. The van der Waals surface area contributed by atoms with Crippen molar-refractivity contribution < 1.29 is 47.2 Å². The van der Waals surface area contributed by atoms with E-state index in [1.54, 1.807) is 28.8 Å². The molecular formula is C22H25N7O11P2S2. The molecule has 1 aromatic carbocycles. The van der Waals surface area contributed by atoms with Crippen molar-refractivity contribution in [1.82, 2.24) is 29.1 Å². The molecule has 3 saturated heterocycles. The third kappa shape index (κ3) is 5.43. The first-order valence-electron chi connectivity index (χ1n) is 13.0. The Hall–Kier alpha value is -2.29. The van der Waals surface area contributed by atoms with Gasteiger partial charge in [-0.3, -0.25) is 27.9 Å². The number of aliphatic hydroxyl groups is 2. The Bertz CT molecular complexity index is 1890. The number of aliphatic hydroxyl groups excluding tert-OH is 2. The number of para-hydroxylation sites is 2. The van der Waals surface area contributed by atoms with Crippen LogP contribution in [0.4, 0.5) is 5.95 Å². The molecule has 0 radical (unpaired) electrons. The highest BCUT2D eigenvalue weighted by molar-refractivity contribution is 8.44. The van der Waals surface area contributed by atoms with Crippen LogP contribution in [0.5, 0.6) is 0 Å². The first kappa shape index (κ1) is 30.4. The number of hydrogen-bond donors (Lipinski definition) is 6. The van der Waals surface area contributed by atoms with E-state index in [2.05, 4.69) is 32.2 Å². The maximum atomic E-state index is 13.4. The molecule has 3 fully saturated rings. The normalized spacial score (nSPS) is 38.3. The number of nitrogen functional groups attached to an aromatic ring is 1. The van der Waals surface area contributed by atoms with E-state index >= 15 is 0 Å². The van der Waals surface area contributed by atoms with E-state index in [0.717, 1.165) is 0 Å². The number of ether oxygens (including phenoxy) is 2. The Morgan fingerprint density at radius 1 is 1.00 bits per heavy atom. The van der Waals surface area contributed by atoms with Gasteiger partial charge in [-0.25, -0.2) is 14.5 Å². The number of hydrogen-bond acceptors (Lipinski definition) is 15. The maximum Gasteiger partial charge on any atom is 0.386 e. The van der Waals surface area contributed by atoms with E-state index in [4.69, 9.17) is 45.1 Å². The molecule has 10 unspecified atom stereocenters. The topological polar surface area (TPSA) is 241 Å². The predicted molar refractivity (Wildman–Crippen MR) is 157 cm³/mol. The molecule has 0 saturated carbocycles. The van der Waals surface area contributed by atoms with Gasteiger partial charge in [0.2, 0.25) is 5.95 Å². The summed E-state index contributed by atoms with van der Waals surface area (Å²) in [6, 6.07) is 7.15. The zero-order valence-electron chi connectivity index (χ0n) is 22.2. The number of rotatable bonds is 2. The van der Waals surface area contributed by atoms with E-state index in [1.165, 1.54) is 17.2 Å². The molecule has 7 rings (SSSR count). The molecule has 3 aromatic heterocycles. The highest BCUT2D eigenvalue weighted by atomic mass is 32.7. The summed E-state index contributed by atoms with van der Waals surface area (Å²) in [6.07, 6.45) is -7.76. The number of anilines is 1. The van der Waals surface area contributed by atoms with Gasteiger partial charge in [-0.15, -0.1) is 0 Å². The van der Waals surface area contributed by atoms with Crippen LogP contribution < -0.4 is 11.3 Å². The summed E-state index contributed by atoms with van der Waals surface area (Å²) < 4.78 is 50.8. The lowest BCUT2D eigenvalue weighted by Crippen LogP contribution is -2.36. The fraction of sp³-hybridized carbons (Fsp3) is 0.455. The van der Waals surface area contributed by atoms with Crippen molar-refractivity contribution in [2.45, 2.75) is 49.1 Å². The molecule has 22 heteroatoms. The molecule has 2 bridgehead atoms. The Labute approximate surface area is 257 Å². The SMILES string of the molecule is Nc1nc2c(ncn2C2OC3COP(O)(=S)OC4C(O)C(COP(=O)(S)OC3C2O)OC4n2cnc3ccccc32)c(=O)[nH]1. The molecule has 0 aliphatic carbocycles. The second-order valence-electron chi connectivity index (χ2n) is 10.2. The number of fused-ring (bicyclic) bond motifs is 5. The first-order valence-corrected chi connectivity index (χ1v) is 18.3. The van der Waals surface area contributed by atoms with Crippen LogP contribution in [-0.2, 0) is 43.9 Å². The van der Waals surface area contributed by atoms with Crippen molar-refractivity contribution in [2.24, 2.45) is 0 Å². The third-order valence-corrected chi connectivity index (χ3v) is 10.6. The quantitative estimate of drug-likeness (QED) is 0.123. The summed E-state index contributed by atoms with van der Waals surface area (Å²) in [5.74, 6) is -0.203. The lowest BCUT2D eigenvalue weighted by Gasteiger charge is -2.27. The van der Waals surface area contributed by atoms with Crippen LogP contribution >= 0.6 is 25.8 Å². The highest BCUT2D eigenvalue weighted by Crippen LogP contribution is 2.58. The number of imidazole rings is 2. The van der Waals surface area contributed by atoms with E-state index in [9.17, 15) is 24.5 Å². The Kier molecular flexibility index (Phi) is 7.73. The van der Waals surface area contributed by atoms with E-state index in [-0.39, 0.29) is 17.1 Å². The first-order chi connectivity index (χ1) is 20.9. The maximum absolute atomic E-state index is 13.4. The average molecular weight is 690 g/mol. The number of aromatic amines is 1. The zero-order valence-corrected chi connectivity index (χ0v) is 25.7. The summed E-state index contributed by atoms with van der Waals surface area (Å²) >= 11 is 9.35. The Morgan fingerprint density at radius 3 is 2.55 bits per heavy atom. The number of nitrogens with zero attached hydrogens (tertiary/aromatic N) is 5. The molecule has 0 amide bonds. The van der Waals surface area contributed by atoms with Gasteiger partial charge in [0.15, 0.2) is 23.6 Å². The van der Waals surface area contributed by atoms with Gasteiger partial charge in [0.05, 0.1) is 36.9 Å². The summed E-state index contributed by atoms with van der Waals surface area (Å²) in [5, 5.41) is 22.4. The molecule has 18 nitrogen and oxygen atoms in total. The summed E-state index contributed by atoms with van der Waals surface area (Å²) in [7, 11) is 0. The van der Waals surface area contributed by atoms with Gasteiger partial charge >= 0.3 is 13.5 Å². The van der Waals surface area contributed by atoms with Crippen molar-refractivity contribution in [3.05, 3.63) is 47.3 Å². The third-order valence-electron chi connectivity index (χ3n) is 7.42. The van der Waals surface area contributed by atoms with Crippen LogP contribution in [0.2, 0.25) is 0 Å². The second-order valence-corrected chi connectivity index (χ2v) is 15.9. The fourth-order valence-corrected chi connectivity index (χ4v) is 8.33. The monoisotopic (exact) mass is 689 g/mol. The van der Waals surface area contributed by atoms with Gasteiger partial charge in [-0.2, -0.15) is 4.98 Å². The molecule has 44 heavy (non-hydrogen) atoms. The lowest BCUT2D eigenvalue weighted by molar-refractivity contribution is -0.0593. The Morgan fingerprint density at radius 2 is 1.73 bits per heavy atom. The number of thiol groups is 1. The minimum absolute atomic E-state index is 0.00767. The number of benzene rings is 1. The van der Waals surface area contributed by atoms with Crippen LogP contribution in [-0.4, -0.2) is 94.0 Å². The van der Waals surface area contributed by atoms with Crippen LogP contribution in [0, 0.1) is 0 Å². The number of H-pyrrole nitrogens is 1. The molecule has 3 aliphatic rings. The van der Waals surface area contributed by atoms with Crippen molar-refractivity contribution in [3.8, 4) is 0 Å². The molecule has 236 valence electrons. The highest BCUT2D eigenvalue weighted by Gasteiger charge is 2.52. The Balaban J connectivity index is 1.20. The van der Waals surface area contributed by atoms with Gasteiger partial charge in [0.1, 0.15) is 36.6 Å². The number of aromatic nitrogens is 6. The summed E-state index contributed by atoms with van der Waals surface area (Å²) in [4.78, 5) is 38.1. The second kappa shape index (κ2) is 11.2. The van der Waals surface area contributed by atoms with Crippen molar-refractivity contribution in [3.63, 3.8) is 0 Å². The minimum Gasteiger partial charge on any atom is -0.387 e. The lowest BCUT2D eigenvalue weighted by atomic mass is 10.1. The van der Waals surface area contributed by atoms with E-state index in [0.29, 0.717) is 11.0 Å². The molecule has 6 heterocycles. The van der Waals surface area contributed by atoms with Crippen LogP contribution in [0.3, 0.4) is 0 Å². The zero-order chi connectivity index (χ0) is 31.0. The van der Waals surface area contributed by atoms with Crippen LogP contribution in [0.25, 0.3) is 22.2 Å². The van der Waals surface area contributed by atoms with Gasteiger partial charge < -0.3 is 39.4 Å². The van der Waals surface area contributed by atoms with Crippen molar-refractivity contribution >= 4 is 65.7 Å². The summed E-state index contributed by atoms with van der Waals surface area (Å²) in [5.41, 5.74) is 6.27. The van der Waals surface area contributed by atoms with Gasteiger partial charge in [0, 0.05) is 0 Å². The van der Waals surface area contributed by atoms with Gasteiger partial charge in [-0.1, -0.05) is 24.4 Å². The van der Waals surface area contributed by atoms with Crippen molar-refractivity contribution in [1.29, 1.82) is 0 Å². The average Bonchev–Trinajstić information content (AvgIpc) is 3.72. The number of nitrogens with two attached hydrogens (primary N) is 1. The fourth-order valence-electron chi connectivity index (χ4n) is 5.42. The van der Waals surface area contributed by atoms with E-state index in [1.807, 2.05) is 0 Å². The van der Waals surface area contributed by atoms with Crippen molar-refractivity contribution in [2.75, 3.05) is 18.9 Å². The molecule has 4 aromatic rings. The summed E-state index contributed by atoms with van der Waals surface area (Å²) in [6.45, 7) is -9.46. The molecule has 10 atom stereocenters. The van der Waals surface area contributed by atoms with Gasteiger partial charge in [-0.05, 0) is 23.9 Å². The number of nitrogens with one attached hydrogen (secondary N) is 1. The largest absolute Gasteiger partial charge is 0.387 e. The molecule has 6 N–H and O–H groups in total. The minimum atomic E-state index is -4.28. The smallest absolute Gasteiger partial charge is 0.386 e. The predicted octanol–water partition coefficient (Wildman–Crippen LogP) is 0.340. The molecular weight excluding hydrogens is 664 g/mol. The van der Waals surface area contributed by atoms with Crippen LogP contribution in [0.1, 0.15) is 12.5 Å². The van der Waals surface area contributed by atoms with E-state index < -0.39 is 81.4 Å². The standard InChI is InChI=1S/C22H25N7O11P2S2/c23-22-26-18-13(19(32)27-22)25-8-29(18)20-15(31)16-12(38-20)6-36-42(34,44)40-17-14(30)11(5-35-41(33,43)39-16)37-21(17)28-7-24-9-3-1-2-4-10(9)28/h1-4,7-8,11-12,14-17,20-21,30-31H,5-6H2,(H,33,43)(H,34,44)(H3,23,26,27,32). The van der Waals surface area contributed by atoms with Crippen LogP contribution in [0.15, 0.2) is 41.7 Å². The van der Waals surface area contributed by atoms with Gasteiger partial charge in [0.25, 0.3) is 5.56 Å². The molecule has 0 spiro atoms.